The van der Waals surface area contributed by atoms with E-state index >= 15 is 0 Å². The van der Waals surface area contributed by atoms with Crippen LogP contribution in [0, 0.1) is 5.92 Å². The Morgan fingerprint density at radius 2 is 1.71 bits per heavy atom. The summed E-state index contributed by atoms with van der Waals surface area (Å²) >= 11 is 0. The van der Waals surface area contributed by atoms with E-state index in [1.54, 1.807) is 0 Å². The molecule has 3 atom stereocenters. The number of alkyl carbamates (subject to hydrolysis) is 1. The number of benzene rings is 2. The third kappa shape index (κ3) is 5.82. The van der Waals surface area contributed by atoms with E-state index in [9.17, 15) is 24.6 Å². The minimum atomic E-state index is -1.31. The lowest BCUT2D eigenvalue weighted by molar-refractivity contribution is -0.140. The second-order valence-electron chi connectivity index (χ2n) is 9.76. The number of carboxylic acid groups (broad SMARTS) is 1. The second kappa shape index (κ2) is 10.5. The van der Waals surface area contributed by atoms with Crippen molar-refractivity contribution < 1.29 is 29.3 Å². The highest BCUT2D eigenvalue weighted by Crippen LogP contribution is 2.44. The van der Waals surface area contributed by atoms with Crippen LogP contribution < -0.4 is 10.6 Å². The number of ether oxygens (including phenoxy) is 1. The van der Waals surface area contributed by atoms with Crippen molar-refractivity contribution in [3.63, 3.8) is 0 Å². The highest BCUT2D eigenvalue weighted by Gasteiger charge is 2.35. The van der Waals surface area contributed by atoms with Crippen LogP contribution in [0.3, 0.4) is 0 Å². The highest BCUT2D eigenvalue weighted by molar-refractivity contribution is 5.89. The number of carbonyl (C=O) groups excluding carboxylic acids is 2. The van der Waals surface area contributed by atoms with Gasteiger partial charge in [-0.2, -0.15) is 0 Å². The quantitative estimate of drug-likeness (QED) is 0.459. The lowest BCUT2D eigenvalue weighted by Crippen LogP contribution is -2.52. The molecule has 0 saturated heterocycles. The van der Waals surface area contributed by atoms with E-state index in [0.717, 1.165) is 35.1 Å². The van der Waals surface area contributed by atoms with Crippen LogP contribution in [-0.2, 0) is 14.3 Å². The summed E-state index contributed by atoms with van der Waals surface area (Å²) in [5, 5.41) is 25.0. The zero-order valence-electron chi connectivity index (χ0n) is 19.8. The first-order chi connectivity index (χ1) is 16.8. The number of amides is 2. The van der Waals surface area contributed by atoms with Crippen LogP contribution in [-0.4, -0.2) is 53.0 Å². The third-order valence-electron chi connectivity index (χ3n) is 6.99. The minimum absolute atomic E-state index is 0.0126. The summed E-state index contributed by atoms with van der Waals surface area (Å²) in [7, 11) is 0. The molecule has 0 heterocycles. The molecule has 0 spiro atoms. The molecule has 0 radical (unpaired) electrons. The van der Waals surface area contributed by atoms with Crippen LogP contribution in [0.5, 0.6) is 0 Å². The van der Waals surface area contributed by atoms with Crippen LogP contribution >= 0.6 is 0 Å². The molecule has 4 rings (SSSR count). The molecule has 4 N–H and O–H groups in total. The van der Waals surface area contributed by atoms with Gasteiger partial charge >= 0.3 is 12.1 Å². The van der Waals surface area contributed by atoms with Gasteiger partial charge in [-0.15, -0.1) is 0 Å². The molecule has 2 aliphatic rings. The highest BCUT2D eigenvalue weighted by atomic mass is 16.5. The Bertz CT molecular complexity index is 1060. The molecule has 0 aromatic heterocycles. The molecule has 0 bridgehead atoms. The molecule has 2 amide bonds. The molecular weight excluding hydrogens is 448 g/mol. The summed E-state index contributed by atoms with van der Waals surface area (Å²) in [6.07, 6.45) is 1.58. The maximum Gasteiger partial charge on any atom is 0.407 e. The molecule has 8 heteroatoms. The predicted molar refractivity (Wildman–Crippen MR) is 130 cm³/mol. The zero-order chi connectivity index (χ0) is 25.0. The lowest BCUT2D eigenvalue weighted by atomic mass is 9.79. The predicted octanol–water partition coefficient (Wildman–Crippen LogP) is 3.43. The van der Waals surface area contributed by atoms with Gasteiger partial charge in [-0.1, -0.05) is 68.3 Å². The number of hydrogen-bond acceptors (Lipinski definition) is 5. The molecule has 2 aromatic rings. The first-order valence-corrected chi connectivity index (χ1v) is 12.1. The average molecular weight is 481 g/mol. The first-order valence-electron chi connectivity index (χ1n) is 12.1. The van der Waals surface area contributed by atoms with E-state index in [-0.39, 0.29) is 19.1 Å². The zero-order valence-corrected chi connectivity index (χ0v) is 19.8. The molecule has 1 saturated carbocycles. The molecular formula is C27H32N2O6. The standard InChI is InChI=1S/C27H32N2O6/c1-17-7-6-12-27(34,14-17)16-28-25(32)23(13-24(30)31)29-26(33)35-15-22-20-10-4-2-8-18(20)19-9-3-5-11-21(19)22/h2-5,8-11,17,22-23,34H,6-7,12-16H2,1H3,(H,28,32)(H,29,33)(H,30,31). The Morgan fingerprint density at radius 1 is 1.09 bits per heavy atom. The van der Waals surface area contributed by atoms with Crippen molar-refractivity contribution in [3.8, 4) is 11.1 Å². The Labute approximate surface area is 204 Å². The molecule has 8 nitrogen and oxygen atoms in total. The normalized spacial score (nSPS) is 21.9. The fraction of sp³-hybridized carbons (Fsp3) is 0.444. The van der Waals surface area contributed by atoms with Gasteiger partial charge in [0.15, 0.2) is 0 Å². The molecule has 186 valence electrons. The van der Waals surface area contributed by atoms with E-state index in [2.05, 4.69) is 17.6 Å². The maximum absolute atomic E-state index is 12.7. The molecule has 35 heavy (non-hydrogen) atoms. The Hall–Kier alpha value is -3.39. The summed E-state index contributed by atoms with van der Waals surface area (Å²) in [6, 6.07) is 14.5. The van der Waals surface area contributed by atoms with Crippen molar-refractivity contribution >= 4 is 18.0 Å². The Balaban J connectivity index is 1.37. The van der Waals surface area contributed by atoms with Crippen molar-refractivity contribution in [2.24, 2.45) is 5.92 Å². The fourth-order valence-corrected chi connectivity index (χ4v) is 5.33. The van der Waals surface area contributed by atoms with E-state index in [1.165, 1.54) is 0 Å². The summed E-state index contributed by atoms with van der Waals surface area (Å²) < 4.78 is 5.46. The average Bonchev–Trinajstić information content (AvgIpc) is 3.14. The Morgan fingerprint density at radius 3 is 2.31 bits per heavy atom. The third-order valence-corrected chi connectivity index (χ3v) is 6.99. The number of carbonyl (C=O) groups is 3. The number of fused-ring (bicyclic) bond motifs is 3. The van der Waals surface area contributed by atoms with E-state index in [4.69, 9.17) is 4.74 Å². The van der Waals surface area contributed by atoms with Crippen LogP contribution in [0.4, 0.5) is 4.79 Å². The number of aliphatic hydroxyl groups is 1. The van der Waals surface area contributed by atoms with E-state index in [1.807, 2.05) is 48.5 Å². The maximum atomic E-state index is 12.7. The van der Waals surface area contributed by atoms with Gasteiger partial charge in [-0.25, -0.2) is 4.79 Å². The largest absolute Gasteiger partial charge is 0.481 e. The first kappa shape index (κ1) is 24.7. The summed E-state index contributed by atoms with van der Waals surface area (Å²) in [5.74, 6) is -1.69. The number of rotatable bonds is 8. The lowest BCUT2D eigenvalue weighted by Gasteiger charge is -2.35. The fourth-order valence-electron chi connectivity index (χ4n) is 5.33. The SMILES string of the molecule is CC1CCCC(O)(CNC(=O)C(CC(=O)O)NC(=O)OCC2c3ccccc3-c3ccccc32)C1. The van der Waals surface area contributed by atoms with Gasteiger partial charge < -0.3 is 25.6 Å². The van der Waals surface area contributed by atoms with Crippen LogP contribution in [0.2, 0.25) is 0 Å². The van der Waals surface area contributed by atoms with Gasteiger partial charge in [-0.3, -0.25) is 9.59 Å². The summed E-state index contributed by atoms with van der Waals surface area (Å²) in [5.41, 5.74) is 3.27. The van der Waals surface area contributed by atoms with Gasteiger partial charge in [0.2, 0.25) is 5.91 Å². The molecule has 1 fully saturated rings. The van der Waals surface area contributed by atoms with Gasteiger partial charge in [0.05, 0.1) is 12.0 Å². The van der Waals surface area contributed by atoms with E-state index < -0.39 is 36.0 Å². The van der Waals surface area contributed by atoms with Crippen molar-refractivity contribution in [1.29, 1.82) is 0 Å². The topological polar surface area (TPSA) is 125 Å². The van der Waals surface area contributed by atoms with Gasteiger partial charge in [0.1, 0.15) is 12.6 Å². The second-order valence-corrected chi connectivity index (χ2v) is 9.76. The van der Waals surface area contributed by atoms with Crippen LogP contribution in [0.1, 0.15) is 56.1 Å². The molecule has 3 unspecified atom stereocenters. The number of nitrogens with one attached hydrogen (secondary N) is 2. The number of hydrogen-bond donors (Lipinski definition) is 4. The summed E-state index contributed by atoms with van der Waals surface area (Å²) in [6.45, 7) is 2.12. The van der Waals surface area contributed by atoms with Crippen molar-refractivity contribution in [1.82, 2.24) is 10.6 Å². The number of carboxylic acids is 1. The van der Waals surface area contributed by atoms with Crippen LogP contribution in [0.15, 0.2) is 48.5 Å². The van der Waals surface area contributed by atoms with E-state index in [0.29, 0.717) is 18.8 Å². The van der Waals surface area contributed by atoms with Gasteiger partial charge in [0, 0.05) is 12.5 Å². The van der Waals surface area contributed by atoms with Crippen molar-refractivity contribution in [2.45, 2.75) is 56.6 Å². The molecule has 2 aliphatic carbocycles. The molecule has 2 aromatic carbocycles. The number of aliphatic carboxylic acids is 1. The minimum Gasteiger partial charge on any atom is -0.481 e. The van der Waals surface area contributed by atoms with Gasteiger partial charge in [0.25, 0.3) is 0 Å². The monoisotopic (exact) mass is 480 g/mol. The van der Waals surface area contributed by atoms with Crippen molar-refractivity contribution in [3.05, 3.63) is 59.7 Å². The van der Waals surface area contributed by atoms with Crippen molar-refractivity contribution in [2.75, 3.05) is 13.2 Å². The Kier molecular flexibility index (Phi) is 7.40. The summed E-state index contributed by atoms with van der Waals surface area (Å²) in [4.78, 5) is 36.6. The smallest absolute Gasteiger partial charge is 0.407 e. The van der Waals surface area contributed by atoms with Crippen LogP contribution in [0.25, 0.3) is 11.1 Å². The van der Waals surface area contributed by atoms with Gasteiger partial charge in [-0.05, 0) is 41.0 Å². The molecule has 0 aliphatic heterocycles.